The van der Waals surface area contributed by atoms with Crippen LogP contribution in [0.15, 0.2) is 42.5 Å². The molecular formula is C21H24O3. The molecule has 2 aromatic carbocycles. The van der Waals surface area contributed by atoms with Crippen molar-refractivity contribution < 1.29 is 14.6 Å². The second-order valence-corrected chi connectivity index (χ2v) is 6.96. The van der Waals surface area contributed by atoms with Gasteiger partial charge in [0.2, 0.25) is 0 Å². The van der Waals surface area contributed by atoms with E-state index in [9.17, 15) is 5.11 Å². The molecule has 3 heteroatoms. The van der Waals surface area contributed by atoms with Gasteiger partial charge in [0.1, 0.15) is 23.4 Å². The van der Waals surface area contributed by atoms with E-state index in [0.29, 0.717) is 17.6 Å². The summed E-state index contributed by atoms with van der Waals surface area (Å²) in [5.74, 6) is 3.35. The lowest BCUT2D eigenvalue weighted by molar-refractivity contribution is 0.104. The Bertz CT molecular complexity index is 708. The number of phenols is 1. The maximum Gasteiger partial charge on any atom is 0.123 e. The van der Waals surface area contributed by atoms with Crippen LogP contribution < -0.4 is 9.47 Å². The van der Waals surface area contributed by atoms with Crippen molar-refractivity contribution in [1.82, 2.24) is 0 Å². The Labute approximate surface area is 143 Å². The van der Waals surface area contributed by atoms with E-state index < -0.39 is 0 Å². The minimum Gasteiger partial charge on any atom is -0.508 e. The van der Waals surface area contributed by atoms with Gasteiger partial charge in [-0.2, -0.15) is 0 Å². The standard InChI is InChI=1S/C21H24O3/c1-23-17-10-12-20-15(13-17)7-11-21(24-20)19-4-2-3-18(19)14-5-8-16(22)9-6-14/h5-6,8-10,12-13,18-19,21-22H,2-4,7,11H2,1H3/t18?,19?,21-/m0/s1. The zero-order chi connectivity index (χ0) is 16.5. The molecule has 126 valence electrons. The summed E-state index contributed by atoms with van der Waals surface area (Å²) in [4.78, 5) is 0. The number of aromatic hydroxyl groups is 1. The van der Waals surface area contributed by atoms with Crippen molar-refractivity contribution in [2.75, 3.05) is 7.11 Å². The minimum atomic E-state index is 0.284. The molecule has 0 radical (unpaired) electrons. The third-order valence-corrected chi connectivity index (χ3v) is 5.61. The molecule has 0 spiro atoms. The van der Waals surface area contributed by atoms with Crippen LogP contribution in [0.1, 0.15) is 42.7 Å². The molecule has 0 amide bonds. The van der Waals surface area contributed by atoms with Gasteiger partial charge in [-0.3, -0.25) is 0 Å². The molecule has 3 atom stereocenters. The molecule has 24 heavy (non-hydrogen) atoms. The lowest BCUT2D eigenvalue weighted by Crippen LogP contribution is -2.32. The Hall–Kier alpha value is -2.16. The second-order valence-electron chi connectivity index (χ2n) is 6.96. The summed E-state index contributed by atoms with van der Waals surface area (Å²) in [5, 5.41) is 9.53. The summed E-state index contributed by atoms with van der Waals surface area (Å²) in [6.07, 6.45) is 6.10. The molecule has 2 aliphatic rings. The fraction of sp³-hybridized carbons (Fsp3) is 0.429. The van der Waals surface area contributed by atoms with E-state index in [-0.39, 0.29) is 6.10 Å². The number of benzene rings is 2. The van der Waals surface area contributed by atoms with Gasteiger partial charge in [0.05, 0.1) is 7.11 Å². The molecule has 1 saturated carbocycles. The number of fused-ring (bicyclic) bond motifs is 1. The summed E-state index contributed by atoms with van der Waals surface area (Å²) >= 11 is 0. The largest absolute Gasteiger partial charge is 0.508 e. The number of aryl methyl sites for hydroxylation is 1. The maximum atomic E-state index is 9.53. The molecule has 2 aromatic rings. The number of hydrogen-bond acceptors (Lipinski definition) is 3. The molecule has 1 N–H and O–H groups in total. The van der Waals surface area contributed by atoms with Crippen LogP contribution in [0.25, 0.3) is 0 Å². The first-order valence-electron chi connectivity index (χ1n) is 8.87. The number of ether oxygens (including phenoxy) is 2. The van der Waals surface area contributed by atoms with Crippen molar-refractivity contribution in [1.29, 1.82) is 0 Å². The molecule has 1 heterocycles. The van der Waals surface area contributed by atoms with Crippen molar-refractivity contribution in [3.63, 3.8) is 0 Å². The molecule has 0 bridgehead atoms. The highest BCUT2D eigenvalue weighted by molar-refractivity contribution is 5.42. The van der Waals surface area contributed by atoms with Crippen molar-refractivity contribution in [3.8, 4) is 17.2 Å². The number of methoxy groups -OCH3 is 1. The van der Waals surface area contributed by atoms with Crippen LogP contribution in [0.3, 0.4) is 0 Å². The van der Waals surface area contributed by atoms with Crippen molar-refractivity contribution in [2.24, 2.45) is 5.92 Å². The van der Waals surface area contributed by atoms with Gasteiger partial charge >= 0.3 is 0 Å². The molecule has 1 fully saturated rings. The lowest BCUT2D eigenvalue weighted by Gasteiger charge is -2.33. The second kappa shape index (κ2) is 6.39. The summed E-state index contributed by atoms with van der Waals surface area (Å²) in [6, 6.07) is 13.9. The molecule has 0 aromatic heterocycles. The number of phenolic OH excluding ortho intramolecular Hbond substituents is 1. The Balaban J connectivity index is 1.54. The monoisotopic (exact) mass is 324 g/mol. The third-order valence-electron chi connectivity index (χ3n) is 5.61. The highest BCUT2D eigenvalue weighted by atomic mass is 16.5. The molecule has 0 saturated heterocycles. The van der Waals surface area contributed by atoms with Crippen LogP contribution in [0, 0.1) is 5.92 Å². The summed E-state index contributed by atoms with van der Waals surface area (Å²) < 4.78 is 11.7. The third kappa shape index (κ3) is 2.83. The van der Waals surface area contributed by atoms with Gasteiger partial charge in [-0.15, -0.1) is 0 Å². The fourth-order valence-electron chi connectivity index (χ4n) is 4.38. The van der Waals surface area contributed by atoms with Gasteiger partial charge in [0.25, 0.3) is 0 Å². The SMILES string of the molecule is COc1ccc2c(c1)CC[C@@H](C1CCCC1c1ccc(O)cc1)O2. The van der Waals surface area contributed by atoms with Gasteiger partial charge in [0.15, 0.2) is 0 Å². The zero-order valence-corrected chi connectivity index (χ0v) is 14.1. The highest BCUT2D eigenvalue weighted by Crippen LogP contribution is 2.45. The number of hydrogen-bond donors (Lipinski definition) is 1. The van der Waals surface area contributed by atoms with E-state index in [0.717, 1.165) is 24.3 Å². The summed E-state index contributed by atoms with van der Waals surface area (Å²) in [6.45, 7) is 0. The zero-order valence-electron chi connectivity index (χ0n) is 14.1. The van der Waals surface area contributed by atoms with E-state index in [1.54, 1.807) is 19.2 Å². The van der Waals surface area contributed by atoms with Gasteiger partial charge in [-0.1, -0.05) is 18.6 Å². The predicted molar refractivity (Wildman–Crippen MR) is 93.9 cm³/mol. The molecule has 4 rings (SSSR count). The first-order valence-corrected chi connectivity index (χ1v) is 8.87. The van der Waals surface area contributed by atoms with Gasteiger partial charge in [-0.05, 0) is 73.1 Å². The Kier molecular flexibility index (Phi) is 4.09. The molecule has 2 unspecified atom stereocenters. The first kappa shape index (κ1) is 15.4. The van der Waals surface area contributed by atoms with E-state index in [2.05, 4.69) is 18.2 Å². The smallest absolute Gasteiger partial charge is 0.123 e. The topological polar surface area (TPSA) is 38.7 Å². The maximum absolute atomic E-state index is 9.53. The van der Waals surface area contributed by atoms with E-state index in [4.69, 9.17) is 9.47 Å². The van der Waals surface area contributed by atoms with E-state index in [1.165, 1.54) is 30.4 Å². The van der Waals surface area contributed by atoms with E-state index >= 15 is 0 Å². The average Bonchev–Trinajstić information content (AvgIpc) is 3.11. The normalized spacial score (nSPS) is 25.8. The van der Waals surface area contributed by atoms with Crippen molar-refractivity contribution in [3.05, 3.63) is 53.6 Å². The first-order chi connectivity index (χ1) is 11.7. The van der Waals surface area contributed by atoms with Gasteiger partial charge < -0.3 is 14.6 Å². The van der Waals surface area contributed by atoms with Crippen LogP contribution in [-0.4, -0.2) is 18.3 Å². The minimum absolute atomic E-state index is 0.284. The lowest BCUT2D eigenvalue weighted by atomic mass is 9.82. The van der Waals surface area contributed by atoms with Crippen LogP contribution in [0.4, 0.5) is 0 Å². The quantitative estimate of drug-likeness (QED) is 0.891. The van der Waals surface area contributed by atoms with Crippen LogP contribution >= 0.6 is 0 Å². The van der Waals surface area contributed by atoms with Crippen LogP contribution in [0.5, 0.6) is 17.2 Å². The van der Waals surface area contributed by atoms with Gasteiger partial charge in [0, 0.05) is 5.92 Å². The molecule has 1 aliphatic heterocycles. The van der Waals surface area contributed by atoms with E-state index in [1.807, 2.05) is 12.1 Å². The Morgan fingerprint density at radius 3 is 2.67 bits per heavy atom. The molecule has 1 aliphatic carbocycles. The summed E-state index contributed by atoms with van der Waals surface area (Å²) in [5.41, 5.74) is 2.59. The van der Waals surface area contributed by atoms with Crippen LogP contribution in [-0.2, 0) is 6.42 Å². The van der Waals surface area contributed by atoms with Crippen molar-refractivity contribution in [2.45, 2.75) is 44.1 Å². The van der Waals surface area contributed by atoms with Crippen molar-refractivity contribution >= 4 is 0 Å². The summed E-state index contributed by atoms with van der Waals surface area (Å²) in [7, 11) is 1.70. The fourth-order valence-corrected chi connectivity index (χ4v) is 4.38. The van der Waals surface area contributed by atoms with Crippen LogP contribution in [0.2, 0.25) is 0 Å². The highest BCUT2D eigenvalue weighted by Gasteiger charge is 2.37. The average molecular weight is 324 g/mol. The predicted octanol–water partition coefficient (Wildman–Crippen LogP) is 4.68. The Morgan fingerprint density at radius 1 is 1.04 bits per heavy atom. The molecular weight excluding hydrogens is 300 g/mol. The Morgan fingerprint density at radius 2 is 1.88 bits per heavy atom. The number of rotatable bonds is 3. The molecule has 3 nitrogen and oxygen atoms in total. The van der Waals surface area contributed by atoms with Gasteiger partial charge in [-0.25, -0.2) is 0 Å².